The van der Waals surface area contributed by atoms with E-state index >= 15 is 0 Å². The van der Waals surface area contributed by atoms with Gasteiger partial charge in [0.15, 0.2) is 0 Å². The second-order valence-electron chi connectivity index (χ2n) is 9.89. The number of ether oxygens (including phenoxy) is 1. The van der Waals surface area contributed by atoms with Gasteiger partial charge in [-0.25, -0.2) is 9.97 Å². The van der Waals surface area contributed by atoms with Crippen LogP contribution < -0.4 is 10.6 Å². The van der Waals surface area contributed by atoms with Gasteiger partial charge in [-0.3, -0.25) is 4.79 Å². The fourth-order valence-corrected chi connectivity index (χ4v) is 5.43. The van der Waals surface area contributed by atoms with Crippen LogP contribution in [0.3, 0.4) is 0 Å². The summed E-state index contributed by atoms with van der Waals surface area (Å²) in [6, 6.07) is 16.8. The van der Waals surface area contributed by atoms with E-state index in [1.165, 1.54) is 5.56 Å². The summed E-state index contributed by atoms with van der Waals surface area (Å²) in [6.07, 6.45) is 5.75. The Balaban J connectivity index is 1.13. The zero-order valence-corrected chi connectivity index (χ0v) is 20.9. The predicted octanol–water partition coefficient (Wildman–Crippen LogP) is 4.62. The monoisotopic (exact) mass is 503 g/mol. The molecule has 1 saturated carbocycles. The predicted molar refractivity (Wildman–Crippen MR) is 140 cm³/mol. The molecule has 2 N–H and O–H groups in total. The highest BCUT2D eigenvalue weighted by Crippen LogP contribution is 2.45. The molecule has 2 fully saturated rings. The van der Waals surface area contributed by atoms with Crippen molar-refractivity contribution in [1.82, 2.24) is 20.2 Å². The Morgan fingerprint density at radius 1 is 1.11 bits per heavy atom. The third-order valence-corrected chi connectivity index (χ3v) is 7.76. The summed E-state index contributed by atoms with van der Waals surface area (Å²) in [6.45, 7) is 3.54. The SMILES string of the molecule is O=C1c2cc(-c3nc(NC4CCOCC4)ncc3Cl)ccc2CN1CCNC1(c2ccccc2)CC1. The highest BCUT2D eigenvalue weighted by Gasteiger charge is 2.43. The molecule has 0 atom stereocenters. The molecule has 0 unspecified atom stereocenters. The lowest BCUT2D eigenvalue weighted by molar-refractivity contribution is 0.0778. The van der Waals surface area contributed by atoms with Gasteiger partial charge in [-0.1, -0.05) is 54.1 Å². The summed E-state index contributed by atoms with van der Waals surface area (Å²) < 4.78 is 5.43. The van der Waals surface area contributed by atoms with Crippen LogP contribution in [0.15, 0.2) is 54.7 Å². The Morgan fingerprint density at radius 3 is 2.69 bits per heavy atom. The maximum Gasteiger partial charge on any atom is 0.254 e. The first-order chi connectivity index (χ1) is 17.6. The van der Waals surface area contributed by atoms with Crippen molar-refractivity contribution in [2.75, 3.05) is 31.6 Å². The van der Waals surface area contributed by atoms with Crippen LogP contribution in [-0.4, -0.2) is 53.1 Å². The maximum absolute atomic E-state index is 13.2. The number of hydrogen-bond acceptors (Lipinski definition) is 6. The molecule has 36 heavy (non-hydrogen) atoms. The first kappa shape index (κ1) is 23.4. The van der Waals surface area contributed by atoms with Crippen LogP contribution in [0.4, 0.5) is 5.95 Å². The Hall–Kier alpha value is -3.00. The number of anilines is 1. The Morgan fingerprint density at radius 2 is 1.92 bits per heavy atom. The smallest absolute Gasteiger partial charge is 0.254 e. The molecule has 7 nitrogen and oxygen atoms in total. The molecule has 3 heterocycles. The number of nitrogens with one attached hydrogen (secondary N) is 2. The summed E-state index contributed by atoms with van der Waals surface area (Å²) in [4.78, 5) is 24.2. The first-order valence-electron chi connectivity index (χ1n) is 12.7. The molecule has 186 valence electrons. The molecule has 6 rings (SSSR count). The number of rotatable bonds is 8. The number of amides is 1. The van der Waals surface area contributed by atoms with E-state index in [-0.39, 0.29) is 17.5 Å². The lowest BCUT2D eigenvalue weighted by Gasteiger charge is -2.23. The fraction of sp³-hybridized carbons (Fsp3) is 0.393. The van der Waals surface area contributed by atoms with Crippen molar-refractivity contribution in [3.05, 3.63) is 76.4 Å². The molecular weight excluding hydrogens is 474 g/mol. The topological polar surface area (TPSA) is 79.4 Å². The third-order valence-electron chi connectivity index (χ3n) is 7.48. The van der Waals surface area contributed by atoms with Gasteiger partial charge in [0.05, 0.1) is 16.9 Å². The van der Waals surface area contributed by atoms with Gasteiger partial charge < -0.3 is 20.3 Å². The van der Waals surface area contributed by atoms with E-state index in [2.05, 4.69) is 44.9 Å². The third kappa shape index (κ3) is 4.71. The molecule has 1 amide bonds. The largest absolute Gasteiger partial charge is 0.381 e. The van der Waals surface area contributed by atoms with Gasteiger partial charge in [-0.05, 0) is 42.9 Å². The zero-order chi connectivity index (χ0) is 24.5. The van der Waals surface area contributed by atoms with Gasteiger partial charge in [-0.2, -0.15) is 0 Å². The maximum atomic E-state index is 13.2. The minimum atomic E-state index is 0.0592. The van der Waals surface area contributed by atoms with Crippen molar-refractivity contribution >= 4 is 23.5 Å². The van der Waals surface area contributed by atoms with Crippen LogP contribution in [0, 0.1) is 0 Å². The number of nitrogens with zero attached hydrogens (tertiary/aromatic N) is 3. The van der Waals surface area contributed by atoms with Crippen LogP contribution in [-0.2, 0) is 16.8 Å². The molecule has 2 aromatic carbocycles. The second kappa shape index (κ2) is 9.81. The molecule has 1 aliphatic carbocycles. The van der Waals surface area contributed by atoms with Crippen molar-refractivity contribution in [1.29, 1.82) is 0 Å². The Labute approximate surface area is 216 Å². The summed E-state index contributed by atoms with van der Waals surface area (Å²) in [5.74, 6) is 0.609. The van der Waals surface area contributed by atoms with Crippen molar-refractivity contribution in [3.8, 4) is 11.3 Å². The molecule has 1 aromatic heterocycles. The second-order valence-corrected chi connectivity index (χ2v) is 10.3. The Kier molecular flexibility index (Phi) is 6.37. The van der Waals surface area contributed by atoms with Crippen molar-refractivity contribution in [2.24, 2.45) is 0 Å². The van der Waals surface area contributed by atoms with E-state index in [1.807, 2.05) is 29.2 Å². The first-order valence-corrected chi connectivity index (χ1v) is 13.1. The van der Waals surface area contributed by atoms with E-state index in [0.717, 1.165) is 62.1 Å². The fourth-order valence-electron chi connectivity index (χ4n) is 5.23. The summed E-state index contributed by atoms with van der Waals surface area (Å²) in [7, 11) is 0. The van der Waals surface area contributed by atoms with Crippen LogP contribution in [0.5, 0.6) is 0 Å². The number of carbonyl (C=O) groups is 1. The van der Waals surface area contributed by atoms with Gasteiger partial charge in [0.1, 0.15) is 0 Å². The minimum absolute atomic E-state index is 0.0592. The lowest BCUT2D eigenvalue weighted by atomic mass is 10.0. The van der Waals surface area contributed by atoms with E-state index in [9.17, 15) is 4.79 Å². The van der Waals surface area contributed by atoms with Crippen LogP contribution in [0.1, 0.15) is 47.2 Å². The van der Waals surface area contributed by atoms with Crippen LogP contribution in [0.2, 0.25) is 5.02 Å². The van der Waals surface area contributed by atoms with E-state index in [1.54, 1.807) is 6.20 Å². The van der Waals surface area contributed by atoms with Crippen molar-refractivity contribution in [3.63, 3.8) is 0 Å². The average Bonchev–Trinajstić information content (AvgIpc) is 3.64. The quantitative estimate of drug-likeness (QED) is 0.467. The van der Waals surface area contributed by atoms with E-state index in [0.29, 0.717) is 29.8 Å². The van der Waals surface area contributed by atoms with E-state index in [4.69, 9.17) is 16.3 Å². The minimum Gasteiger partial charge on any atom is -0.381 e. The summed E-state index contributed by atoms with van der Waals surface area (Å²) in [5.41, 5.74) is 4.63. The number of aromatic nitrogens is 2. The van der Waals surface area contributed by atoms with Gasteiger partial charge >= 0.3 is 0 Å². The summed E-state index contributed by atoms with van der Waals surface area (Å²) >= 11 is 6.48. The highest BCUT2D eigenvalue weighted by atomic mass is 35.5. The van der Waals surface area contributed by atoms with Crippen molar-refractivity contribution < 1.29 is 9.53 Å². The normalized spacial score (nSPS) is 18.8. The molecule has 3 aromatic rings. The van der Waals surface area contributed by atoms with Gasteiger partial charge in [0.25, 0.3) is 5.91 Å². The molecule has 1 saturated heterocycles. The molecule has 8 heteroatoms. The average molecular weight is 504 g/mol. The highest BCUT2D eigenvalue weighted by molar-refractivity contribution is 6.33. The number of carbonyl (C=O) groups excluding carboxylic acids is 1. The van der Waals surface area contributed by atoms with Crippen LogP contribution in [0.25, 0.3) is 11.3 Å². The number of halogens is 1. The molecule has 2 aliphatic heterocycles. The van der Waals surface area contributed by atoms with Crippen LogP contribution >= 0.6 is 11.6 Å². The van der Waals surface area contributed by atoms with Gasteiger partial charge in [-0.15, -0.1) is 0 Å². The standard InChI is InChI=1S/C28H30ClN5O2/c29-24-17-30-27(32-22-8-14-36-15-9-22)33-25(24)19-6-7-20-18-34(26(35)23(20)16-19)13-12-31-28(10-11-28)21-4-2-1-3-5-21/h1-7,16-17,22,31H,8-15,18H2,(H,30,32,33). The zero-order valence-electron chi connectivity index (χ0n) is 20.2. The molecular formula is C28H30ClN5O2. The summed E-state index contributed by atoms with van der Waals surface area (Å²) in [5, 5.41) is 7.56. The number of hydrogen-bond donors (Lipinski definition) is 2. The lowest BCUT2D eigenvalue weighted by Crippen LogP contribution is -2.37. The van der Waals surface area contributed by atoms with Gasteiger partial charge in [0, 0.05) is 55.6 Å². The molecule has 3 aliphatic rings. The van der Waals surface area contributed by atoms with Crippen molar-refractivity contribution in [2.45, 2.75) is 43.8 Å². The Bertz CT molecular complexity index is 1260. The molecule has 0 bridgehead atoms. The van der Waals surface area contributed by atoms with Gasteiger partial charge in [0.2, 0.25) is 5.95 Å². The molecule has 0 radical (unpaired) electrons. The molecule has 0 spiro atoms. The van der Waals surface area contributed by atoms with E-state index < -0.39 is 0 Å². The number of benzene rings is 2. The number of fused-ring (bicyclic) bond motifs is 1.